The SMILES string of the molecule is C#Cc1cccc(NC(=O)N2CCC(CC)(C(=O)O)C2)c1. The number of hydrogen-bond donors (Lipinski definition) is 2. The van der Waals surface area contributed by atoms with E-state index in [4.69, 9.17) is 6.42 Å². The number of urea groups is 1. The molecule has 2 amide bonds. The first-order valence-electron chi connectivity index (χ1n) is 6.87. The molecule has 5 heteroatoms. The standard InChI is InChI=1S/C16H18N2O3/c1-3-12-6-5-7-13(10-12)17-15(21)18-9-8-16(4-2,11-18)14(19)20/h1,5-7,10H,4,8-9,11H2,2H3,(H,17,21)(H,19,20). The van der Waals surface area contributed by atoms with Gasteiger partial charge in [0, 0.05) is 24.3 Å². The molecule has 0 bridgehead atoms. The molecule has 0 aliphatic carbocycles. The number of nitrogens with one attached hydrogen (secondary N) is 1. The number of aliphatic carboxylic acids is 1. The molecule has 1 aliphatic rings. The van der Waals surface area contributed by atoms with Crippen LogP contribution < -0.4 is 5.32 Å². The van der Waals surface area contributed by atoms with Crippen LogP contribution in [-0.4, -0.2) is 35.1 Å². The lowest BCUT2D eigenvalue weighted by molar-refractivity contribution is -0.148. The number of hydrogen-bond acceptors (Lipinski definition) is 2. The molecule has 110 valence electrons. The van der Waals surface area contributed by atoms with Crippen molar-refractivity contribution in [2.75, 3.05) is 18.4 Å². The fraction of sp³-hybridized carbons (Fsp3) is 0.375. The smallest absolute Gasteiger partial charge is 0.321 e. The topological polar surface area (TPSA) is 69.6 Å². The van der Waals surface area contributed by atoms with Gasteiger partial charge < -0.3 is 15.3 Å². The number of amides is 2. The third-order valence-corrected chi connectivity index (χ3v) is 4.05. The van der Waals surface area contributed by atoms with E-state index in [9.17, 15) is 14.7 Å². The highest BCUT2D eigenvalue weighted by Gasteiger charge is 2.44. The highest BCUT2D eigenvalue weighted by molar-refractivity contribution is 5.90. The second kappa shape index (κ2) is 5.88. The van der Waals surface area contributed by atoms with E-state index in [-0.39, 0.29) is 12.6 Å². The van der Waals surface area contributed by atoms with E-state index >= 15 is 0 Å². The molecule has 1 saturated heterocycles. The number of carboxylic acids is 1. The maximum atomic E-state index is 12.2. The number of carbonyl (C=O) groups is 2. The Hall–Kier alpha value is -2.48. The van der Waals surface area contributed by atoms with E-state index in [0.717, 1.165) is 0 Å². The summed E-state index contributed by atoms with van der Waals surface area (Å²) in [6.45, 7) is 2.52. The molecule has 2 N–H and O–H groups in total. The molecule has 0 spiro atoms. The number of nitrogens with zero attached hydrogens (tertiary/aromatic N) is 1. The van der Waals surface area contributed by atoms with Gasteiger partial charge in [0.25, 0.3) is 0 Å². The molecule has 2 rings (SSSR count). The Morgan fingerprint density at radius 1 is 1.52 bits per heavy atom. The summed E-state index contributed by atoms with van der Waals surface area (Å²) in [4.78, 5) is 25.1. The minimum absolute atomic E-state index is 0.236. The molecule has 1 heterocycles. The number of carbonyl (C=O) groups excluding carboxylic acids is 1. The summed E-state index contributed by atoms with van der Waals surface area (Å²) < 4.78 is 0. The number of rotatable bonds is 3. The van der Waals surface area contributed by atoms with Crippen LogP contribution in [0.4, 0.5) is 10.5 Å². The fourth-order valence-electron chi connectivity index (χ4n) is 2.55. The van der Waals surface area contributed by atoms with E-state index in [2.05, 4.69) is 11.2 Å². The minimum atomic E-state index is -0.838. The third kappa shape index (κ3) is 3.00. The average Bonchev–Trinajstić information content (AvgIpc) is 2.93. The quantitative estimate of drug-likeness (QED) is 0.838. The predicted octanol–water partition coefficient (Wildman–Crippen LogP) is 2.39. The molecule has 1 aromatic rings. The van der Waals surface area contributed by atoms with E-state index < -0.39 is 11.4 Å². The lowest BCUT2D eigenvalue weighted by Gasteiger charge is -2.23. The van der Waals surface area contributed by atoms with Gasteiger partial charge >= 0.3 is 12.0 Å². The lowest BCUT2D eigenvalue weighted by Crippen LogP contribution is -2.38. The number of anilines is 1. The van der Waals surface area contributed by atoms with E-state index in [1.165, 1.54) is 0 Å². The molecule has 1 unspecified atom stereocenters. The van der Waals surface area contributed by atoms with Crippen molar-refractivity contribution in [2.24, 2.45) is 5.41 Å². The molecular weight excluding hydrogens is 268 g/mol. The van der Waals surface area contributed by atoms with Crippen LogP contribution in [0.25, 0.3) is 0 Å². The van der Waals surface area contributed by atoms with Gasteiger partial charge in [-0.15, -0.1) is 6.42 Å². The van der Waals surface area contributed by atoms with Gasteiger partial charge in [0.05, 0.1) is 5.41 Å². The van der Waals surface area contributed by atoms with Crippen LogP contribution in [0, 0.1) is 17.8 Å². The van der Waals surface area contributed by atoms with Crippen LogP contribution >= 0.6 is 0 Å². The van der Waals surface area contributed by atoms with Gasteiger partial charge in [-0.2, -0.15) is 0 Å². The van der Waals surface area contributed by atoms with Crippen molar-refractivity contribution in [2.45, 2.75) is 19.8 Å². The largest absolute Gasteiger partial charge is 0.481 e. The summed E-state index contributed by atoms with van der Waals surface area (Å²) in [6, 6.07) is 6.71. The Bertz CT molecular complexity index is 606. The second-order valence-electron chi connectivity index (χ2n) is 5.27. The van der Waals surface area contributed by atoms with Gasteiger partial charge in [-0.25, -0.2) is 4.79 Å². The van der Waals surface area contributed by atoms with Gasteiger partial charge in [0.1, 0.15) is 0 Å². The monoisotopic (exact) mass is 286 g/mol. The van der Waals surface area contributed by atoms with Crippen LogP contribution in [0.15, 0.2) is 24.3 Å². The molecule has 0 aromatic heterocycles. The molecule has 0 saturated carbocycles. The van der Waals surface area contributed by atoms with Crippen LogP contribution in [0.3, 0.4) is 0 Å². The highest BCUT2D eigenvalue weighted by atomic mass is 16.4. The Labute approximate surface area is 124 Å². The second-order valence-corrected chi connectivity index (χ2v) is 5.27. The summed E-state index contributed by atoms with van der Waals surface area (Å²) >= 11 is 0. The van der Waals surface area contributed by atoms with E-state index in [1.807, 2.05) is 6.92 Å². The molecule has 1 aromatic carbocycles. The molecule has 1 fully saturated rings. The molecule has 0 radical (unpaired) electrons. The van der Waals surface area contributed by atoms with Gasteiger partial charge in [-0.3, -0.25) is 4.79 Å². The van der Waals surface area contributed by atoms with Crippen molar-refractivity contribution >= 4 is 17.7 Å². The van der Waals surface area contributed by atoms with Crippen LogP contribution in [0.5, 0.6) is 0 Å². The zero-order chi connectivity index (χ0) is 15.5. The van der Waals surface area contributed by atoms with Crippen molar-refractivity contribution in [3.8, 4) is 12.3 Å². The summed E-state index contributed by atoms with van der Waals surface area (Å²) in [5.41, 5.74) is 0.472. The first kappa shape index (κ1) is 14.9. The average molecular weight is 286 g/mol. The number of benzene rings is 1. The lowest BCUT2D eigenvalue weighted by atomic mass is 9.84. The van der Waals surface area contributed by atoms with Crippen molar-refractivity contribution in [3.63, 3.8) is 0 Å². The first-order valence-corrected chi connectivity index (χ1v) is 6.87. The predicted molar refractivity (Wildman–Crippen MR) is 79.9 cm³/mol. The molecule has 1 atom stereocenters. The number of carboxylic acid groups (broad SMARTS) is 1. The first-order chi connectivity index (χ1) is 10.0. The minimum Gasteiger partial charge on any atom is -0.481 e. The van der Waals surface area contributed by atoms with Gasteiger partial charge in [0.2, 0.25) is 0 Å². The van der Waals surface area contributed by atoms with E-state index in [1.54, 1.807) is 29.2 Å². The molecular formula is C16H18N2O3. The van der Waals surface area contributed by atoms with Crippen molar-refractivity contribution < 1.29 is 14.7 Å². The fourth-order valence-corrected chi connectivity index (χ4v) is 2.55. The van der Waals surface area contributed by atoms with Crippen LogP contribution in [0.2, 0.25) is 0 Å². The maximum absolute atomic E-state index is 12.2. The maximum Gasteiger partial charge on any atom is 0.321 e. The zero-order valence-corrected chi connectivity index (χ0v) is 11.9. The van der Waals surface area contributed by atoms with Crippen molar-refractivity contribution in [3.05, 3.63) is 29.8 Å². The van der Waals surface area contributed by atoms with Crippen molar-refractivity contribution in [1.82, 2.24) is 4.90 Å². The van der Waals surface area contributed by atoms with Gasteiger partial charge in [-0.05, 0) is 31.0 Å². The third-order valence-electron chi connectivity index (χ3n) is 4.05. The van der Waals surface area contributed by atoms with Crippen molar-refractivity contribution in [1.29, 1.82) is 0 Å². The Balaban J connectivity index is 2.05. The van der Waals surface area contributed by atoms with Crippen LogP contribution in [-0.2, 0) is 4.79 Å². The normalized spacial score (nSPS) is 20.9. The molecule has 21 heavy (non-hydrogen) atoms. The van der Waals surface area contributed by atoms with Gasteiger partial charge in [0.15, 0.2) is 0 Å². The zero-order valence-electron chi connectivity index (χ0n) is 11.9. The molecule has 5 nitrogen and oxygen atoms in total. The summed E-state index contributed by atoms with van der Waals surface area (Å²) in [7, 11) is 0. The summed E-state index contributed by atoms with van der Waals surface area (Å²) in [6.07, 6.45) is 6.32. The number of terminal acetylenes is 1. The Morgan fingerprint density at radius 2 is 2.29 bits per heavy atom. The highest BCUT2D eigenvalue weighted by Crippen LogP contribution is 2.34. The van der Waals surface area contributed by atoms with E-state index in [0.29, 0.717) is 30.6 Å². The summed E-state index contributed by atoms with van der Waals surface area (Å²) in [5, 5.41) is 12.1. The summed E-state index contributed by atoms with van der Waals surface area (Å²) in [5.74, 6) is 1.67. The van der Waals surface area contributed by atoms with Crippen LogP contribution in [0.1, 0.15) is 25.3 Å². The Morgan fingerprint density at radius 3 is 2.86 bits per heavy atom. The van der Waals surface area contributed by atoms with Gasteiger partial charge in [-0.1, -0.05) is 18.9 Å². The Kier molecular flexibility index (Phi) is 4.18. The number of likely N-dealkylation sites (tertiary alicyclic amines) is 1. The molecule has 1 aliphatic heterocycles.